The SMILES string of the molecule is CCn1nc(C)c(-c2cn3c(C)c(Br)ccc3n2)c1C. The van der Waals surface area contributed by atoms with Crippen molar-refractivity contribution in [2.24, 2.45) is 0 Å². The van der Waals surface area contributed by atoms with E-state index in [0.29, 0.717) is 0 Å². The van der Waals surface area contributed by atoms with Crippen LogP contribution in [0.4, 0.5) is 0 Å². The summed E-state index contributed by atoms with van der Waals surface area (Å²) >= 11 is 3.56. The second-order valence-electron chi connectivity index (χ2n) is 4.98. The first-order valence-electron chi connectivity index (χ1n) is 6.71. The lowest BCUT2D eigenvalue weighted by Gasteiger charge is -2.00. The van der Waals surface area contributed by atoms with Gasteiger partial charge in [0.1, 0.15) is 5.65 Å². The summed E-state index contributed by atoms with van der Waals surface area (Å²) in [4.78, 5) is 4.74. The van der Waals surface area contributed by atoms with Gasteiger partial charge in [0.15, 0.2) is 0 Å². The van der Waals surface area contributed by atoms with Crippen molar-refractivity contribution in [1.82, 2.24) is 19.2 Å². The van der Waals surface area contributed by atoms with Crippen molar-refractivity contribution in [1.29, 1.82) is 0 Å². The van der Waals surface area contributed by atoms with Crippen LogP contribution in [0.25, 0.3) is 16.9 Å². The zero-order valence-corrected chi connectivity index (χ0v) is 13.7. The molecule has 0 N–H and O–H groups in total. The van der Waals surface area contributed by atoms with Crippen molar-refractivity contribution < 1.29 is 0 Å². The fourth-order valence-corrected chi connectivity index (χ4v) is 2.98. The summed E-state index contributed by atoms with van der Waals surface area (Å²) in [6, 6.07) is 4.06. The fraction of sp³-hybridized carbons (Fsp3) is 0.333. The molecular weight excluding hydrogens is 316 g/mol. The number of rotatable bonds is 2. The van der Waals surface area contributed by atoms with E-state index in [1.807, 2.05) is 23.7 Å². The van der Waals surface area contributed by atoms with Crippen LogP contribution >= 0.6 is 15.9 Å². The maximum atomic E-state index is 4.74. The Morgan fingerprint density at radius 2 is 1.90 bits per heavy atom. The Morgan fingerprint density at radius 3 is 2.55 bits per heavy atom. The highest BCUT2D eigenvalue weighted by molar-refractivity contribution is 9.10. The summed E-state index contributed by atoms with van der Waals surface area (Å²) in [5.41, 5.74) is 6.45. The lowest BCUT2D eigenvalue weighted by molar-refractivity contribution is 0.634. The lowest BCUT2D eigenvalue weighted by atomic mass is 10.1. The molecule has 3 heterocycles. The quantitative estimate of drug-likeness (QED) is 0.713. The Morgan fingerprint density at radius 1 is 1.15 bits per heavy atom. The van der Waals surface area contributed by atoms with Gasteiger partial charge in [0.05, 0.1) is 11.4 Å². The molecule has 0 aliphatic heterocycles. The molecule has 0 atom stereocenters. The molecule has 4 nitrogen and oxygen atoms in total. The van der Waals surface area contributed by atoms with E-state index in [1.54, 1.807) is 0 Å². The lowest BCUT2D eigenvalue weighted by Crippen LogP contribution is -1.98. The Bertz CT molecular complexity index is 798. The van der Waals surface area contributed by atoms with E-state index in [1.165, 1.54) is 5.69 Å². The maximum absolute atomic E-state index is 4.74. The van der Waals surface area contributed by atoms with Crippen molar-refractivity contribution >= 4 is 21.6 Å². The van der Waals surface area contributed by atoms with Gasteiger partial charge in [-0.05, 0) is 55.8 Å². The predicted octanol–water partition coefficient (Wildman–Crippen LogP) is 3.91. The summed E-state index contributed by atoms with van der Waals surface area (Å²) in [6.07, 6.45) is 2.09. The van der Waals surface area contributed by atoms with Crippen molar-refractivity contribution in [3.8, 4) is 11.3 Å². The summed E-state index contributed by atoms with van der Waals surface area (Å²) in [6.45, 7) is 9.21. The molecule has 0 aliphatic rings. The highest BCUT2D eigenvalue weighted by Crippen LogP contribution is 2.28. The average molecular weight is 333 g/mol. The summed E-state index contributed by atoms with van der Waals surface area (Å²) in [5.74, 6) is 0. The number of aryl methyl sites for hydroxylation is 3. The van der Waals surface area contributed by atoms with Gasteiger partial charge in [-0.1, -0.05) is 0 Å². The minimum atomic E-state index is 0.880. The van der Waals surface area contributed by atoms with Crippen LogP contribution < -0.4 is 0 Å². The molecule has 5 heteroatoms. The van der Waals surface area contributed by atoms with Gasteiger partial charge in [-0.2, -0.15) is 5.10 Å². The minimum absolute atomic E-state index is 0.880. The Hall–Kier alpha value is -1.62. The fourth-order valence-electron chi connectivity index (χ4n) is 2.66. The number of halogens is 1. The monoisotopic (exact) mass is 332 g/mol. The molecule has 0 radical (unpaired) electrons. The van der Waals surface area contributed by atoms with Gasteiger partial charge in [0.2, 0.25) is 0 Å². The molecule has 3 aromatic rings. The topological polar surface area (TPSA) is 35.1 Å². The second kappa shape index (κ2) is 4.74. The van der Waals surface area contributed by atoms with Crippen LogP contribution in [-0.4, -0.2) is 19.2 Å². The van der Waals surface area contributed by atoms with E-state index >= 15 is 0 Å². The molecule has 0 saturated carbocycles. The van der Waals surface area contributed by atoms with Crippen molar-refractivity contribution in [3.05, 3.63) is 39.9 Å². The number of aromatic nitrogens is 4. The number of hydrogen-bond donors (Lipinski definition) is 0. The zero-order chi connectivity index (χ0) is 14.4. The Balaban J connectivity index is 2.25. The third-order valence-corrected chi connectivity index (χ3v) is 4.59. The van der Waals surface area contributed by atoms with E-state index < -0.39 is 0 Å². The summed E-state index contributed by atoms with van der Waals surface area (Å²) in [5, 5.41) is 4.57. The molecule has 0 saturated heterocycles. The van der Waals surface area contributed by atoms with Gasteiger partial charge in [-0.3, -0.25) is 4.68 Å². The largest absolute Gasteiger partial charge is 0.303 e. The summed E-state index contributed by atoms with van der Waals surface area (Å²) in [7, 11) is 0. The van der Waals surface area contributed by atoms with Gasteiger partial charge in [0, 0.05) is 34.2 Å². The zero-order valence-electron chi connectivity index (χ0n) is 12.1. The second-order valence-corrected chi connectivity index (χ2v) is 5.84. The number of hydrogen-bond acceptors (Lipinski definition) is 2. The Kier molecular flexibility index (Phi) is 3.17. The molecule has 3 rings (SSSR count). The number of nitrogens with zero attached hydrogens (tertiary/aromatic N) is 4. The normalized spacial score (nSPS) is 11.4. The van der Waals surface area contributed by atoms with Crippen molar-refractivity contribution in [2.45, 2.75) is 34.2 Å². The minimum Gasteiger partial charge on any atom is -0.303 e. The first-order chi connectivity index (χ1) is 9.52. The summed E-state index contributed by atoms with van der Waals surface area (Å²) < 4.78 is 5.23. The molecule has 0 aromatic carbocycles. The van der Waals surface area contributed by atoms with Crippen LogP contribution in [0.2, 0.25) is 0 Å². The van der Waals surface area contributed by atoms with Crippen LogP contribution in [0, 0.1) is 20.8 Å². The average Bonchev–Trinajstić information content (AvgIpc) is 2.95. The van der Waals surface area contributed by atoms with Crippen molar-refractivity contribution in [3.63, 3.8) is 0 Å². The smallest absolute Gasteiger partial charge is 0.137 e. The molecule has 20 heavy (non-hydrogen) atoms. The molecule has 0 bridgehead atoms. The van der Waals surface area contributed by atoms with E-state index in [0.717, 1.165) is 39.3 Å². The molecular formula is C15H17BrN4. The number of imidazole rings is 1. The van der Waals surface area contributed by atoms with Gasteiger partial charge in [-0.15, -0.1) is 0 Å². The highest BCUT2D eigenvalue weighted by atomic mass is 79.9. The van der Waals surface area contributed by atoms with Gasteiger partial charge >= 0.3 is 0 Å². The molecule has 0 fully saturated rings. The first-order valence-corrected chi connectivity index (χ1v) is 7.50. The number of fused-ring (bicyclic) bond motifs is 1. The van der Waals surface area contributed by atoms with Gasteiger partial charge < -0.3 is 4.40 Å². The van der Waals surface area contributed by atoms with E-state index in [2.05, 4.69) is 52.4 Å². The molecule has 0 unspecified atom stereocenters. The van der Waals surface area contributed by atoms with Crippen LogP contribution in [-0.2, 0) is 6.54 Å². The molecule has 104 valence electrons. The van der Waals surface area contributed by atoms with E-state index in [-0.39, 0.29) is 0 Å². The molecule has 0 aliphatic carbocycles. The van der Waals surface area contributed by atoms with Crippen LogP contribution in [0.1, 0.15) is 24.0 Å². The Labute approximate surface area is 126 Å². The standard InChI is InChI=1S/C15H17BrN4/c1-5-20-11(4)15(9(2)18-20)13-8-19-10(3)12(16)6-7-14(19)17-13/h6-8H,5H2,1-4H3. The highest BCUT2D eigenvalue weighted by Gasteiger charge is 2.16. The molecule has 3 aromatic heterocycles. The van der Waals surface area contributed by atoms with Gasteiger partial charge in [-0.25, -0.2) is 4.98 Å². The first kappa shape index (κ1) is 13.4. The maximum Gasteiger partial charge on any atom is 0.137 e. The third kappa shape index (κ3) is 1.88. The molecule has 0 amide bonds. The predicted molar refractivity (Wildman–Crippen MR) is 84.0 cm³/mol. The van der Waals surface area contributed by atoms with Crippen molar-refractivity contribution in [2.75, 3.05) is 0 Å². The van der Waals surface area contributed by atoms with Crippen LogP contribution in [0.15, 0.2) is 22.8 Å². The third-order valence-electron chi connectivity index (χ3n) is 3.76. The van der Waals surface area contributed by atoms with Crippen LogP contribution in [0.5, 0.6) is 0 Å². The van der Waals surface area contributed by atoms with E-state index in [9.17, 15) is 0 Å². The van der Waals surface area contributed by atoms with Crippen LogP contribution in [0.3, 0.4) is 0 Å². The van der Waals surface area contributed by atoms with E-state index in [4.69, 9.17) is 4.98 Å². The van der Waals surface area contributed by atoms with Gasteiger partial charge in [0.25, 0.3) is 0 Å². The molecule has 0 spiro atoms. The number of pyridine rings is 1.